The van der Waals surface area contributed by atoms with E-state index in [2.05, 4.69) is 17.3 Å². The predicted molar refractivity (Wildman–Crippen MR) is 87.1 cm³/mol. The van der Waals surface area contributed by atoms with Gasteiger partial charge in [0.2, 0.25) is 0 Å². The summed E-state index contributed by atoms with van der Waals surface area (Å²) in [5.41, 5.74) is 4.12. The Morgan fingerprint density at radius 1 is 1.36 bits per heavy atom. The SMILES string of the molecule is CCCC1(C(c2ccc(Cl)cc2Cl)N2C=NCN2)OCCO1. The number of hydrogen-bond donors (Lipinski definition) is 1. The molecule has 0 saturated carbocycles. The molecule has 1 atom stereocenters. The highest BCUT2D eigenvalue weighted by Gasteiger charge is 2.48. The van der Waals surface area contributed by atoms with Crippen molar-refractivity contribution in [1.29, 1.82) is 0 Å². The predicted octanol–water partition coefficient (Wildman–Crippen LogP) is 3.38. The maximum absolute atomic E-state index is 6.45. The highest BCUT2D eigenvalue weighted by molar-refractivity contribution is 6.35. The van der Waals surface area contributed by atoms with Crippen LogP contribution < -0.4 is 5.43 Å². The highest BCUT2D eigenvalue weighted by atomic mass is 35.5. The molecule has 0 aromatic heterocycles. The number of hydrogen-bond acceptors (Lipinski definition) is 5. The van der Waals surface area contributed by atoms with Crippen molar-refractivity contribution in [1.82, 2.24) is 10.4 Å². The number of ether oxygens (including phenoxy) is 2. The molecule has 5 nitrogen and oxygen atoms in total. The van der Waals surface area contributed by atoms with Crippen LogP contribution in [0.2, 0.25) is 10.0 Å². The Hall–Kier alpha value is -0.850. The zero-order valence-corrected chi connectivity index (χ0v) is 13.9. The normalized spacial score (nSPS) is 21.5. The maximum atomic E-state index is 6.45. The number of nitrogens with one attached hydrogen (secondary N) is 1. The van der Waals surface area contributed by atoms with Crippen molar-refractivity contribution in [3.63, 3.8) is 0 Å². The zero-order chi connectivity index (χ0) is 15.6. The average molecular weight is 344 g/mol. The minimum Gasteiger partial charge on any atom is -0.345 e. The second-order valence-corrected chi connectivity index (χ2v) is 6.19. The van der Waals surface area contributed by atoms with Crippen molar-refractivity contribution >= 4 is 29.5 Å². The smallest absolute Gasteiger partial charge is 0.194 e. The van der Waals surface area contributed by atoms with Crippen molar-refractivity contribution in [2.24, 2.45) is 4.99 Å². The third kappa shape index (κ3) is 2.96. The summed E-state index contributed by atoms with van der Waals surface area (Å²) in [5.74, 6) is -0.740. The van der Waals surface area contributed by atoms with Crippen molar-refractivity contribution < 1.29 is 9.47 Å². The van der Waals surface area contributed by atoms with Crippen LogP contribution in [0.4, 0.5) is 0 Å². The molecule has 1 fully saturated rings. The van der Waals surface area contributed by atoms with E-state index >= 15 is 0 Å². The minimum absolute atomic E-state index is 0.231. The Labute approximate surface area is 140 Å². The molecule has 2 heterocycles. The van der Waals surface area contributed by atoms with Gasteiger partial charge in [-0.05, 0) is 12.1 Å². The summed E-state index contributed by atoms with van der Waals surface area (Å²) in [4.78, 5) is 4.23. The molecule has 1 aromatic rings. The van der Waals surface area contributed by atoms with Crippen LogP contribution in [-0.4, -0.2) is 37.0 Å². The van der Waals surface area contributed by atoms with E-state index in [0.29, 0.717) is 29.9 Å². The summed E-state index contributed by atoms with van der Waals surface area (Å²) in [6, 6.07) is 5.27. The lowest BCUT2D eigenvalue weighted by molar-refractivity contribution is -0.204. The van der Waals surface area contributed by atoms with Crippen LogP contribution in [0.3, 0.4) is 0 Å². The van der Waals surface area contributed by atoms with Gasteiger partial charge in [-0.15, -0.1) is 0 Å². The molecular weight excluding hydrogens is 325 g/mol. The molecular formula is C15H19Cl2N3O2. The minimum atomic E-state index is -0.740. The second kappa shape index (κ2) is 6.72. The van der Waals surface area contributed by atoms with Crippen molar-refractivity contribution in [2.45, 2.75) is 31.6 Å². The van der Waals surface area contributed by atoms with Crippen LogP contribution in [0.25, 0.3) is 0 Å². The third-order valence-electron chi connectivity index (χ3n) is 3.88. The van der Waals surface area contributed by atoms with Crippen molar-refractivity contribution in [3.05, 3.63) is 33.8 Å². The molecule has 2 aliphatic heterocycles. The van der Waals surface area contributed by atoms with Gasteiger partial charge in [0.25, 0.3) is 0 Å². The van der Waals surface area contributed by atoms with Gasteiger partial charge < -0.3 is 9.47 Å². The largest absolute Gasteiger partial charge is 0.345 e. The molecule has 0 bridgehead atoms. The van der Waals surface area contributed by atoms with E-state index in [1.807, 2.05) is 17.1 Å². The molecule has 22 heavy (non-hydrogen) atoms. The number of hydrazine groups is 1. The molecule has 2 aliphatic rings. The van der Waals surface area contributed by atoms with Crippen LogP contribution in [0.15, 0.2) is 23.2 Å². The van der Waals surface area contributed by atoms with E-state index in [4.69, 9.17) is 32.7 Å². The van der Waals surface area contributed by atoms with E-state index in [0.717, 1.165) is 18.4 Å². The molecule has 1 unspecified atom stereocenters. The summed E-state index contributed by atoms with van der Waals surface area (Å²) in [5, 5.41) is 3.11. The Morgan fingerprint density at radius 2 is 2.14 bits per heavy atom. The van der Waals surface area contributed by atoms with Gasteiger partial charge in [0.15, 0.2) is 5.79 Å². The monoisotopic (exact) mass is 343 g/mol. The fourth-order valence-electron chi connectivity index (χ4n) is 3.03. The van der Waals surface area contributed by atoms with E-state index in [1.54, 1.807) is 12.4 Å². The third-order valence-corrected chi connectivity index (χ3v) is 4.44. The Morgan fingerprint density at radius 3 is 2.73 bits per heavy atom. The van der Waals surface area contributed by atoms with Crippen LogP contribution in [0, 0.1) is 0 Å². The van der Waals surface area contributed by atoms with E-state index in [9.17, 15) is 0 Å². The number of rotatable bonds is 5. The highest BCUT2D eigenvalue weighted by Crippen LogP contribution is 2.43. The standard InChI is InChI=1S/C15H19Cl2N3O2/c1-2-5-15(21-6-7-22-15)14(20-10-18-9-19-20)12-4-3-11(16)8-13(12)17/h3-4,8,10,14,19H,2,5-7,9H2,1H3. The molecule has 0 spiro atoms. The van der Waals surface area contributed by atoms with Crippen LogP contribution in [0.1, 0.15) is 31.4 Å². The Bertz CT molecular complexity index is 562. The van der Waals surface area contributed by atoms with E-state index in [-0.39, 0.29) is 6.04 Å². The summed E-state index contributed by atoms with van der Waals surface area (Å²) in [6.45, 7) is 3.79. The first-order valence-corrected chi connectivity index (χ1v) is 8.16. The lowest BCUT2D eigenvalue weighted by Gasteiger charge is -2.40. The first-order chi connectivity index (χ1) is 10.7. The molecule has 3 rings (SSSR count). The fourth-order valence-corrected chi connectivity index (χ4v) is 3.54. The first-order valence-electron chi connectivity index (χ1n) is 7.41. The van der Waals surface area contributed by atoms with Gasteiger partial charge in [-0.3, -0.25) is 10.0 Å². The van der Waals surface area contributed by atoms with Crippen LogP contribution in [-0.2, 0) is 9.47 Å². The van der Waals surface area contributed by atoms with Crippen LogP contribution >= 0.6 is 23.2 Å². The Kier molecular flexibility index (Phi) is 4.90. The van der Waals surface area contributed by atoms with Gasteiger partial charge in [0.05, 0.1) is 13.2 Å². The fraction of sp³-hybridized carbons (Fsp3) is 0.533. The van der Waals surface area contributed by atoms with Gasteiger partial charge in [0.1, 0.15) is 19.0 Å². The maximum Gasteiger partial charge on any atom is 0.194 e. The quantitative estimate of drug-likeness (QED) is 0.890. The van der Waals surface area contributed by atoms with E-state index < -0.39 is 5.79 Å². The number of aliphatic imine (C=N–C) groups is 1. The molecule has 1 aromatic carbocycles. The molecule has 0 amide bonds. The van der Waals surface area contributed by atoms with Crippen LogP contribution in [0.5, 0.6) is 0 Å². The van der Waals surface area contributed by atoms with E-state index in [1.165, 1.54) is 0 Å². The number of nitrogens with zero attached hydrogens (tertiary/aromatic N) is 2. The molecule has 1 N–H and O–H groups in total. The number of benzene rings is 1. The summed E-state index contributed by atoms with van der Waals surface area (Å²) in [7, 11) is 0. The summed E-state index contributed by atoms with van der Waals surface area (Å²) in [6.07, 6.45) is 3.47. The zero-order valence-electron chi connectivity index (χ0n) is 12.4. The summed E-state index contributed by atoms with van der Waals surface area (Å²) >= 11 is 12.5. The summed E-state index contributed by atoms with van der Waals surface area (Å²) < 4.78 is 12.1. The first kappa shape index (κ1) is 16.0. The van der Waals surface area contributed by atoms with Crippen molar-refractivity contribution in [3.8, 4) is 0 Å². The lowest BCUT2D eigenvalue weighted by Crippen LogP contribution is -2.50. The molecule has 0 aliphatic carbocycles. The number of halogens is 2. The topological polar surface area (TPSA) is 46.1 Å². The van der Waals surface area contributed by atoms with Gasteiger partial charge in [-0.2, -0.15) is 0 Å². The second-order valence-electron chi connectivity index (χ2n) is 5.35. The van der Waals surface area contributed by atoms with Crippen molar-refractivity contribution in [2.75, 3.05) is 19.9 Å². The molecule has 7 heteroatoms. The lowest BCUT2D eigenvalue weighted by atomic mass is 9.94. The average Bonchev–Trinajstić information content (AvgIpc) is 3.15. The molecule has 120 valence electrons. The van der Waals surface area contributed by atoms with Gasteiger partial charge in [-0.1, -0.05) is 42.6 Å². The Balaban J connectivity index is 2.04. The van der Waals surface area contributed by atoms with Gasteiger partial charge in [-0.25, -0.2) is 5.43 Å². The van der Waals surface area contributed by atoms with Gasteiger partial charge in [0, 0.05) is 22.0 Å². The molecule has 0 radical (unpaired) electrons. The van der Waals surface area contributed by atoms with Gasteiger partial charge >= 0.3 is 0 Å². The molecule has 1 saturated heterocycles.